The van der Waals surface area contributed by atoms with Gasteiger partial charge in [-0.3, -0.25) is 0 Å². The molecule has 0 aliphatic carbocycles. The van der Waals surface area contributed by atoms with Crippen LogP contribution >= 0.6 is 0 Å². The first kappa shape index (κ1) is 53.1. The van der Waals surface area contributed by atoms with E-state index in [4.69, 9.17) is 0 Å². The molecule has 0 atom stereocenters. The lowest BCUT2D eigenvalue weighted by Gasteiger charge is -2.49. The molecule has 4 aliphatic heterocycles. The Kier molecular flexibility index (Phi) is 12.7. The summed E-state index contributed by atoms with van der Waals surface area (Å²) >= 11 is 0. The zero-order chi connectivity index (χ0) is 60.6. The zero-order valence-corrected chi connectivity index (χ0v) is 50.3. The van der Waals surface area contributed by atoms with Crippen molar-refractivity contribution in [3.63, 3.8) is 0 Å². The maximum absolute atomic E-state index is 2.66. The van der Waals surface area contributed by atoms with E-state index in [0.717, 1.165) is 113 Å². The quantitative estimate of drug-likeness (QED) is 0.119. The van der Waals surface area contributed by atoms with Gasteiger partial charge in [0.1, 0.15) is 0 Å². The fourth-order valence-corrected chi connectivity index (χ4v) is 15.2. The summed E-state index contributed by atoms with van der Waals surface area (Å²) in [6.07, 6.45) is 0. The minimum Gasteiger partial charge on any atom is -0.311 e. The zero-order valence-electron chi connectivity index (χ0n) is 50.3. The van der Waals surface area contributed by atoms with E-state index in [1.807, 2.05) is 0 Å². The van der Waals surface area contributed by atoms with Crippen LogP contribution in [0.25, 0.3) is 11.1 Å². The van der Waals surface area contributed by atoms with E-state index in [9.17, 15) is 0 Å². The van der Waals surface area contributed by atoms with E-state index in [0.29, 0.717) is 0 Å². The van der Waals surface area contributed by atoms with Gasteiger partial charge in [0.05, 0.1) is 22.7 Å². The van der Waals surface area contributed by atoms with Crippen molar-refractivity contribution in [1.29, 1.82) is 0 Å². The van der Waals surface area contributed by atoms with Crippen LogP contribution in [0, 0.1) is 0 Å². The van der Waals surface area contributed by atoms with Crippen molar-refractivity contribution in [3.8, 4) is 11.1 Å². The number of fused-ring (bicyclic) bond motifs is 8. The Morgan fingerprint density at radius 3 is 0.793 bits per heavy atom. The Hall–Kier alpha value is -12.0. The van der Waals surface area contributed by atoms with Crippen LogP contribution in [0.1, 0.15) is 0 Å². The maximum atomic E-state index is 2.66. The Morgan fingerprint density at radius 1 is 0.207 bits per heavy atom. The van der Waals surface area contributed by atoms with Crippen molar-refractivity contribution in [2.24, 2.45) is 0 Å². The monoisotopic (exact) mass is 1170 g/mol. The Balaban J connectivity index is 1.02. The molecule has 18 rings (SSSR count). The number of hydrogen-bond acceptors (Lipinski definition) is 6. The van der Waals surface area contributed by atoms with Gasteiger partial charge in [-0.15, -0.1) is 0 Å². The van der Waals surface area contributed by atoms with Crippen molar-refractivity contribution in [1.82, 2.24) is 0 Å². The molecule has 0 unspecified atom stereocenters. The highest BCUT2D eigenvalue weighted by atomic mass is 15.2. The summed E-state index contributed by atoms with van der Waals surface area (Å²) in [5, 5.41) is 0. The molecular weight excluding hydrogens is 1110 g/mol. The molecule has 430 valence electrons. The average Bonchev–Trinajstić information content (AvgIpc) is 0.680. The number of hydrogen-bond donors (Lipinski definition) is 0. The summed E-state index contributed by atoms with van der Waals surface area (Å²) in [6.45, 7) is -0.429. The van der Waals surface area contributed by atoms with Gasteiger partial charge in [-0.25, -0.2) is 0 Å². The molecule has 4 heterocycles. The fraction of sp³-hybridized carbons (Fsp3) is 0. The van der Waals surface area contributed by atoms with Crippen LogP contribution in [-0.4, -0.2) is 13.4 Å². The molecule has 6 nitrogen and oxygen atoms in total. The van der Waals surface area contributed by atoms with Gasteiger partial charge in [-0.05, 0) is 172 Å². The van der Waals surface area contributed by atoms with E-state index in [2.05, 4.69) is 381 Å². The second-order valence-corrected chi connectivity index (χ2v) is 24.0. The summed E-state index contributed by atoms with van der Waals surface area (Å²) in [4.78, 5) is 15.1. The third kappa shape index (κ3) is 8.45. The standard InChI is InChI=1S/C84H58B2N6/c1-10-32-59(33-11-1)80-83-72(85-70-50-28-30-52-74(70)89(64-42-20-6-21-43-64)76-54-68(56-78(81(76)85)91(83)66-46-24-8-25-47-66)87(60-34-12-2-13-35-60)61-36-14-3-15-37-61)58-73-84(80)92(67-48-26-9-27-49-67)79-57-69(88(62-38-16-4-17-39-62)63-40-18-5-19-41-63)55-77-82(79)86(73)71-51-29-31-53-75(71)90(77)65-44-22-7-23-45-65/h1-58H. The van der Waals surface area contributed by atoms with Crippen molar-refractivity contribution in [3.05, 3.63) is 352 Å². The summed E-state index contributed by atoms with van der Waals surface area (Å²) in [6, 6.07) is 130. The Bertz CT molecular complexity index is 4690. The molecule has 92 heavy (non-hydrogen) atoms. The van der Waals surface area contributed by atoms with Crippen molar-refractivity contribution in [2.45, 2.75) is 0 Å². The Morgan fingerprint density at radius 2 is 0.467 bits per heavy atom. The first-order chi connectivity index (χ1) is 45.7. The Labute approximate surface area is 537 Å². The molecule has 0 radical (unpaired) electrons. The molecule has 8 heteroatoms. The number of nitrogens with zero attached hydrogens (tertiary/aromatic N) is 6. The summed E-state index contributed by atoms with van der Waals surface area (Å²) in [5.74, 6) is 0. The van der Waals surface area contributed by atoms with Crippen molar-refractivity contribution in [2.75, 3.05) is 29.4 Å². The van der Waals surface area contributed by atoms with Crippen LogP contribution in [0.2, 0.25) is 0 Å². The van der Waals surface area contributed by atoms with E-state index in [1.165, 1.54) is 32.8 Å². The number of anilines is 18. The predicted molar refractivity (Wildman–Crippen MR) is 389 cm³/mol. The van der Waals surface area contributed by atoms with E-state index in [1.54, 1.807) is 0 Å². The number of benzene rings is 14. The van der Waals surface area contributed by atoms with E-state index >= 15 is 0 Å². The van der Waals surface area contributed by atoms with Crippen LogP contribution in [-0.2, 0) is 0 Å². The third-order valence-electron chi connectivity index (χ3n) is 18.9. The van der Waals surface area contributed by atoms with Crippen LogP contribution < -0.4 is 62.2 Å². The molecule has 0 amide bonds. The predicted octanol–water partition coefficient (Wildman–Crippen LogP) is 18.5. The van der Waals surface area contributed by atoms with Gasteiger partial charge < -0.3 is 29.4 Å². The lowest BCUT2D eigenvalue weighted by Crippen LogP contribution is -2.65. The molecule has 0 saturated carbocycles. The van der Waals surface area contributed by atoms with Gasteiger partial charge in [0.25, 0.3) is 13.4 Å². The second-order valence-electron chi connectivity index (χ2n) is 24.0. The molecular formula is C84H58B2N6. The molecule has 14 aromatic carbocycles. The average molecular weight is 1170 g/mol. The van der Waals surface area contributed by atoms with E-state index in [-0.39, 0.29) is 13.4 Å². The van der Waals surface area contributed by atoms with Crippen molar-refractivity contribution >= 4 is 149 Å². The first-order valence-electron chi connectivity index (χ1n) is 31.7. The normalized spacial score (nSPS) is 12.9. The van der Waals surface area contributed by atoms with Gasteiger partial charge in [-0.2, -0.15) is 0 Å². The smallest absolute Gasteiger partial charge is 0.252 e. The molecule has 14 aromatic rings. The SMILES string of the molecule is c1ccc(-c2c3c(cc4c2N(c2ccccc2)c2cc(N(c5ccccc5)c5ccccc5)cc5c2B4c2ccccc2N5c2ccccc2)B2c4ccccc4N(c4ccccc4)c4cc(N(c5ccccc5)c5ccccc5)cc(c42)N3c2ccccc2)cc1. The van der Waals surface area contributed by atoms with Gasteiger partial charge in [-0.1, -0.05) is 218 Å². The molecule has 0 spiro atoms. The molecule has 0 N–H and O–H groups in total. The molecule has 4 aliphatic rings. The summed E-state index contributed by atoms with van der Waals surface area (Å²) in [7, 11) is 0. The summed E-state index contributed by atoms with van der Waals surface area (Å²) < 4.78 is 0. The maximum Gasteiger partial charge on any atom is 0.252 e. The second kappa shape index (κ2) is 21.9. The minimum absolute atomic E-state index is 0.215. The first-order valence-corrected chi connectivity index (χ1v) is 31.7. The highest BCUT2D eigenvalue weighted by molar-refractivity contribution is 7.03. The van der Waals surface area contributed by atoms with Crippen LogP contribution in [0.5, 0.6) is 0 Å². The van der Waals surface area contributed by atoms with Crippen LogP contribution in [0.4, 0.5) is 102 Å². The molecule has 0 saturated heterocycles. The van der Waals surface area contributed by atoms with Gasteiger partial charge in [0.2, 0.25) is 0 Å². The van der Waals surface area contributed by atoms with E-state index < -0.39 is 0 Å². The van der Waals surface area contributed by atoms with Crippen molar-refractivity contribution < 1.29 is 0 Å². The largest absolute Gasteiger partial charge is 0.311 e. The van der Waals surface area contributed by atoms with Gasteiger partial charge >= 0.3 is 0 Å². The molecule has 0 bridgehead atoms. The third-order valence-corrected chi connectivity index (χ3v) is 18.9. The minimum atomic E-state index is -0.215. The fourth-order valence-electron chi connectivity index (χ4n) is 15.2. The van der Waals surface area contributed by atoms with Crippen LogP contribution in [0.3, 0.4) is 0 Å². The highest BCUT2D eigenvalue weighted by Gasteiger charge is 2.50. The lowest BCUT2D eigenvalue weighted by molar-refractivity contribution is 1.21. The van der Waals surface area contributed by atoms with Crippen LogP contribution in [0.15, 0.2) is 352 Å². The summed E-state index contributed by atoms with van der Waals surface area (Å²) in [5.41, 5.74) is 29.5. The number of para-hydroxylation sites is 10. The lowest BCUT2D eigenvalue weighted by atomic mass is 9.30. The topological polar surface area (TPSA) is 19.4 Å². The highest BCUT2D eigenvalue weighted by Crippen LogP contribution is 2.55. The van der Waals surface area contributed by atoms with Gasteiger partial charge in [0, 0.05) is 85.2 Å². The number of rotatable bonds is 11. The molecule has 0 fully saturated rings. The molecule has 0 aromatic heterocycles. The van der Waals surface area contributed by atoms with Gasteiger partial charge in [0.15, 0.2) is 0 Å².